The first-order valence-electron chi connectivity index (χ1n) is 12.4. The van der Waals surface area contributed by atoms with Gasteiger partial charge in [0, 0.05) is 0 Å². The second-order valence-corrected chi connectivity index (χ2v) is 8.51. The first kappa shape index (κ1) is 24.6. The fourth-order valence-corrected chi connectivity index (χ4v) is 3.90. The Morgan fingerprint density at radius 3 is 1.10 bits per heavy atom. The summed E-state index contributed by atoms with van der Waals surface area (Å²) in [6.45, 7) is 4.72. The lowest BCUT2D eigenvalue weighted by Gasteiger charge is -2.06. The maximum Gasteiger partial charge on any atom is -0.00488 e. The van der Waals surface area contributed by atoms with Crippen molar-refractivity contribution in [3.63, 3.8) is 0 Å². The molecule has 166 valence electrons. The molecule has 2 N–H and O–H groups in total. The van der Waals surface area contributed by atoms with E-state index in [1.54, 1.807) is 0 Å². The van der Waals surface area contributed by atoms with Crippen LogP contribution in [0.1, 0.15) is 75.3 Å². The van der Waals surface area contributed by atoms with Gasteiger partial charge in [0.1, 0.15) is 0 Å². The van der Waals surface area contributed by atoms with Crippen molar-refractivity contribution < 1.29 is 0 Å². The molecule has 0 aliphatic heterocycles. The van der Waals surface area contributed by atoms with Crippen LogP contribution >= 0.6 is 0 Å². The van der Waals surface area contributed by atoms with Gasteiger partial charge in [-0.25, -0.2) is 0 Å². The predicted molar refractivity (Wildman–Crippen MR) is 132 cm³/mol. The number of rotatable bonds is 19. The Balaban J connectivity index is 1.23. The van der Waals surface area contributed by atoms with Gasteiger partial charge in [0.05, 0.1) is 0 Å². The summed E-state index contributed by atoms with van der Waals surface area (Å²) in [5.74, 6) is 0. The molecule has 0 bridgehead atoms. The molecule has 2 rings (SSSR count). The normalized spacial score (nSPS) is 11.1. The van der Waals surface area contributed by atoms with Crippen molar-refractivity contribution in [1.29, 1.82) is 0 Å². The van der Waals surface area contributed by atoms with Crippen molar-refractivity contribution in [3.05, 3.63) is 71.8 Å². The molecule has 0 heterocycles. The number of benzene rings is 2. The average Bonchev–Trinajstić information content (AvgIpc) is 2.79. The third kappa shape index (κ3) is 13.6. The molecule has 0 amide bonds. The number of nitrogens with one attached hydrogen (secondary N) is 2. The van der Waals surface area contributed by atoms with Crippen LogP contribution in [-0.4, -0.2) is 26.2 Å². The molecule has 0 spiro atoms. The zero-order valence-corrected chi connectivity index (χ0v) is 19.1. The second-order valence-electron chi connectivity index (χ2n) is 8.51. The van der Waals surface area contributed by atoms with Crippen molar-refractivity contribution >= 4 is 0 Å². The van der Waals surface area contributed by atoms with Crippen LogP contribution in [0, 0.1) is 0 Å². The number of hydrogen-bond donors (Lipinski definition) is 2. The Morgan fingerprint density at radius 1 is 0.367 bits per heavy atom. The van der Waals surface area contributed by atoms with E-state index in [9.17, 15) is 0 Å². The Hall–Kier alpha value is -1.64. The minimum absolute atomic E-state index is 1.17. The second kappa shape index (κ2) is 18.2. The van der Waals surface area contributed by atoms with E-state index in [1.807, 2.05) is 0 Å². The van der Waals surface area contributed by atoms with E-state index < -0.39 is 0 Å². The third-order valence-corrected chi connectivity index (χ3v) is 5.78. The minimum atomic E-state index is 1.17. The van der Waals surface area contributed by atoms with Crippen LogP contribution in [-0.2, 0) is 12.8 Å². The molecule has 0 saturated carbocycles. The zero-order chi connectivity index (χ0) is 21.0. The summed E-state index contributed by atoms with van der Waals surface area (Å²) in [5, 5.41) is 7.22. The smallest absolute Gasteiger partial charge is 0.00488 e. The van der Waals surface area contributed by atoms with Gasteiger partial charge in [-0.2, -0.15) is 0 Å². The van der Waals surface area contributed by atoms with Crippen LogP contribution in [0.3, 0.4) is 0 Å². The lowest BCUT2D eigenvalue weighted by atomic mass is 10.1. The van der Waals surface area contributed by atoms with Gasteiger partial charge in [0.2, 0.25) is 0 Å². The van der Waals surface area contributed by atoms with Crippen LogP contribution in [0.4, 0.5) is 0 Å². The van der Waals surface area contributed by atoms with Crippen LogP contribution in [0.25, 0.3) is 0 Å². The Kier molecular flexibility index (Phi) is 14.9. The Labute approximate surface area is 185 Å². The maximum atomic E-state index is 3.61. The predicted octanol–water partition coefficient (Wildman–Crippen LogP) is 6.55. The number of aryl methyl sites for hydroxylation is 2. The Bertz CT molecular complexity index is 541. The molecule has 0 aliphatic rings. The highest BCUT2D eigenvalue weighted by atomic mass is 14.8. The first-order valence-corrected chi connectivity index (χ1v) is 12.4. The minimum Gasteiger partial charge on any atom is -0.317 e. The molecule has 0 unspecified atom stereocenters. The van der Waals surface area contributed by atoms with Gasteiger partial charge < -0.3 is 10.6 Å². The number of hydrogen-bond acceptors (Lipinski definition) is 2. The van der Waals surface area contributed by atoms with E-state index in [1.165, 1.54) is 114 Å². The van der Waals surface area contributed by atoms with Crippen molar-refractivity contribution in [2.24, 2.45) is 0 Å². The summed E-state index contributed by atoms with van der Waals surface area (Å²) in [6.07, 6.45) is 15.8. The molecule has 0 aliphatic carbocycles. The van der Waals surface area contributed by atoms with Crippen molar-refractivity contribution in [2.75, 3.05) is 26.2 Å². The first-order chi connectivity index (χ1) is 14.9. The van der Waals surface area contributed by atoms with Crippen molar-refractivity contribution in [1.82, 2.24) is 10.6 Å². The van der Waals surface area contributed by atoms with E-state index in [-0.39, 0.29) is 0 Å². The lowest BCUT2D eigenvalue weighted by Crippen LogP contribution is -2.17. The molecule has 30 heavy (non-hydrogen) atoms. The van der Waals surface area contributed by atoms with Gasteiger partial charge >= 0.3 is 0 Å². The summed E-state index contributed by atoms with van der Waals surface area (Å²) in [5.41, 5.74) is 2.94. The maximum absolute atomic E-state index is 3.61. The molecule has 2 aromatic rings. The van der Waals surface area contributed by atoms with Gasteiger partial charge in [-0.3, -0.25) is 0 Å². The molecule has 2 heteroatoms. The standard InChI is InChI=1S/C28H44N2/c1(3-13-23-29-25-15-11-21-27-17-7-5-8-18-27)2-4-14-24-30-26-16-12-22-28-19-9-6-10-20-28/h5-10,17-20,29-30H,1-4,11-16,21-26H2. The zero-order valence-electron chi connectivity index (χ0n) is 19.1. The Morgan fingerprint density at radius 2 is 0.700 bits per heavy atom. The summed E-state index contributed by atoms with van der Waals surface area (Å²) in [4.78, 5) is 0. The van der Waals surface area contributed by atoms with Crippen LogP contribution < -0.4 is 10.6 Å². The molecule has 0 radical (unpaired) electrons. The molecule has 2 nitrogen and oxygen atoms in total. The van der Waals surface area contributed by atoms with E-state index >= 15 is 0 Å². The van der Waals surface area contributed by atoms with E-state index in [0.717, 1.165) is 0 Å². The quantitative estimate of drug-likeness (QED) is 0.257. The molecule has 0 atom stereocenters. The SMILES string of the molecule is c1ccc(CCCCNCCCCCCCCNCCCCc2ccccc2)cc1. The van der Waals surface area contributed by atoms with E-state index in [2.05, 4.69) is 71.3 Å². The summed E-state index contributed by atoms with van der Waals surface area (Å²) >= 11 is 0. The third-order valence-electron chi connectivity index (χ3n) is 5.78. The highest BCUT2D eigenvalue weighted by Gasteiger charge is 1.95. The molecular formula is C28H44N2. The summed E-state index contributed by atoms with van der Waals surface area (Å²) < 4.78 is 0. The van der Waals surface area contributed by atoms with Gasteiger partial charge in [-0.15, -0.1) is 0 Å². The largest absolute Gasteiger partial charge is 0.317 e. The number of unbranched alkanes of at least 4 members (excludes halogenated alkanes) is 7. The molecule has 0 saturated heterocycles. The van der Waals surface area contributed by atoms with Gasteiger partial charge in [0.25, 0.3) is 0 Å². The highest BCUT2D eigenvalue weighted by Crippen LogP contribution is 2.06. The average molecular weight is 409 g/mol. The van der Waals surface area contributed by atoms with Crippen LogP contribution in [0.2, 0.25) is 0 Å². The molecule has 0 fully saturated rings. The summed E-state index contributed by atoms with van der Waals surface area (Å²) in [6, 6.07) is 21.7. The van der Waals surface area contributed by atoms with E-state index in [0.29, 0.717) is 0 Å². The van der Waals surface area contributed by atoms with Gasteiger partial charge in [-0.1, -0.05) is 86.3 Å². The topological polar surface area (TPSA) is 24.1 Å². The van der Waals surface area contributed by atoms with Gasteiger partial charge in [0.15, 0.2) is 0 Å². The van der Waals surface area contributed by atoms with Crippen LogP contribution in [0.15, 0.2) is 60.7 Å². The monoisotopic (exact) mass is 408 g/mol. The fourth-order valence-electron chi connectivity index (χ4n) is 3.90. The van der Waals surface area contributed by atoms with E-state index in [4.69, 9.17) is 0 Å². The molecular weight excluding hydrogens is 364 g/mol. The highest BCUT2D eigenvalue weighted by molar-refractivity contribution is 5.15. The molecule has 2 aromatic carbocycles. The lowest BCUT2D eigenvalue weighted by molar-refractivity contribution is 0.538. The fraction of sp³-hybridized carbons (Fsp3) is 0.571. The summed E-state index contributed by atoms with van der Waals surface area (Å²) in [7, 11) is 0. The van der Waals surface area contributed by atoms with Gasteiger partial charge in [-0.05, 0) is 88.7 Å². The van der Waals surface area contributed by atoms with Crippen molar-refractivity contribution in [2.45, 2.75) is 77.0 Å². The van der Waals surface area contributed by atoms with Crippen molar-refractivity contribution in [3.8, 4) is 0 Å². The molecule has 0 aromatic heterocycles. The van der Waals surface area contributed by atoms with Crippen LogP contribution in [0.5, 0.6) is 0 Å².